The standard InChI is InChI=1S/C10H18ClNO2/c1-10(2,7-11)9(14)12-5-3-4-8(12)6-13/h8,13H,3-7H2,1-2H3/t8-/m1/s1. The normalized spacial score (nSPS) is 22.9. The molecule has 0 spiro atoms. The monoisotopic (exact) mass is 219 g/mol. The minimum atomic E-state index is -0.515. The van der Waals surface area contributed by atoms with Crippen molar-refractivity contribution in [2.24, 2.45) is 5.41 Å². The number of carbonyl (C=O) groups excluding carboxylic acids is 1. The van der Waals surface area contributed by atoms with Gasteiger partial charge in [-0.05, 0) is 26.7 Å². The molecule has 1 N–H and O–H groups in total. The van der Waals surface area contributed by atoms with Gasteiger partial charge >= 0.3 is 0 Å². The van der Waals surface area contributed by atoms with Crippen LogP contribution in [0.3, 0.4) is 0 Å². The Hall–Kier alpha value is -0.280. The van der Waals surface area contributed by atoms with Crippen LogP contribution in [0.5, 0.6) is 0 Å². The first-order valence-corrected chi connectivity index (χ1v) is 5.54. The van der Waals surface area contributed by atoms with E-state index in [0.29, 0.717) is 5.88 Å². The summed E-state index contributed by atoms with van der Waals surface area (Å²) in [6.45, 7) is 4.50. The predicted octanol–water partition coefficient (Wildman–Crippen LogP) is 1.23. The van der Waals surface area contributed by atoms with E-state index in [2.05, 4.69) is 0 Å². The molecular formula is C10H18ClNO2. The number of hydrogen-bond donors (Lipinski definition) is 1. The van der Waals surface area contributed by atoms with Gasteiger partial charge in [0.15, 0.2) is 0 Å². The van der Waals surface area contributed by atoms with Gasteiger partial charge < -0.3 is 10.0 Å². The molecular weight excluding hydrogens is 202 g/mol. The molecule has 0 aromatic carbocycles. The zero-order chi connectivity index (χ0) is 10.8. The Labute approximate surface area is 90.0 Å². The molecule has 0 unspecified atom stereocenters. The molecule has 0 saturated carbocycles. The molecule has 1 atom stereocenters. The number of likely N-dealkylation sites (tertiary alicyclic amines) is 1. The van der Waals surface area contributed by atoms with Crippen molar-refractivity contribution in [1.29, 1.82) is 0 Å². The molecule has 1 saturated heterocycles. The molecule has 0 aromatic heterocycles. The summed E-state index contributed by atoms with van der Waals surface area (Å²) in [5, 5.41) is 9.10. The molecule has 1 aliphatic heterocycles. The first-order valence-electron chi connectivity index (χ1n) is 5.01. The molecule has 0 radical (unpaired) electrons. The van der Waals surface area contributed by atoms with Crippen LogP contribution in [0.2, 0.25) is 0 Å². The number of rotatable bonds is 3. The molecule has 82 valence electrons. The van der Waals surface area contributed by atoms with E-state index in [-0.39, 0.29) is 18.6 Å². The number of carbonyl (C=O) groups is 1. The highest BCUT2D eigenvalue weighted by atomic mass is 35.5. The van der Waals surface area contributed by atoms with Gasteiger partial charge in [0.2, 0.25) is 5.91 Å². The predicted molar refractivity (Wildman–Crippen MR) is 56.3 cm³/mol. The fourth-order valence-electron chi connectivity index (χ4n) is 1.74. The van der Waals surface area contributed by atoms with Gasteiger partial charge in [0, 0.05) is 12.4 Å². The van der Waals surface area contributed by atoms with Gasteiger partial charge in [-0.25, -0.2) is 0 Å². The minimum Gasteiger partial charge on any atom is -0.394 e. The van der Waals surface area contributed by atoms with Gasteiger partial charge in [-0.2, -0.15) is 0 Å². The summed E-state index contributed by atoms with van der Waals surface area (Å²) in [4.78, 5) is 13.8. The lowest BCUT2D eigenvalue weighted by atomic mass is 9.94. The van der Waals surface area contributed by atoms with Gasteiger partial charge in [0.05, 0.1) is 18.1 Å². The molecule has 1 fully saturated rings. The van der Waals surface area contributed by atoms with Crippen molar-refractivity contribution in [3.63, 3.8) is 0 Å². The second-order valence-corrected chi connectivity index (χ2v) is 4.76. The average Bonchev–Trinajstić information content (AvgIpc) is 2.64. The van der Waals surface area contributed by atoms with E-state index in [1.807, 2.05) is 13.8 Å². The molecule has 4 heteroatoms. The Kier molecular flexibility index (Phi) is 3.78. The molecule has 14 heavy (non-hydrogen) atoms. The number of nitrogens with zero attached hydrogens (tertiary/aromatic N) is 1. The highest BCUT2D eigenvalue weighted by Gasteiger charge is 2.36. The van der Waals surface area contributed by atoms with E-state index >= 15 is 0 Å². The number of aliphatic hydroxyl groups is 1. The van der Waals surface area contributed by atoms with Crippen molar-refractivity contribution in [2.45, 2.75) is 32.7 Å². The number of halogens is 1. The van der Waals surface area contributed by atoms with Crippen molar-refractivity contribution >= 4 is 17.5 Å². The van der Waals surface area contributed by atoms with Crippen molar-refractivity contribution < 1.29 is 9.90 Å². The second kappa shape index (κ2) is 4.49. The molecule has 1 rings (SSSR count). The van der Waals surface area contributed by atoms with E-state index in [1.165, 1.54) is 0 Å². The smallest absolute Gasteiger partial charge is 0.229 e. The van der Waals surface area contributed by atoms with Gasteiger partial charge in [0.1, 0.15) is 0 Å². The third-order valence-electron chi connectivity index (χ3n) is 2.76. The van der Waals surface area contributed by atoms with Gasteiger partial charge in [-0.1, -0.05) is 0 Å². The molecule has 0 bridgehead atoms. The fourth-order valence-corrected chi connectivity index (χ4v) is 1.85. The molecule has 1 amide bonds. The van der Waals surface area contributed by atoms with Crippen LogP contribution < -0.4 is 0 Å². The van der Waals surface area contributed by atoms with Crippen LogP contribution in [0, 0.1) is 5.41 Å². The highest BCUT2D eigenvalue weighted by Crippen LogP contribution is 2.26. The zero-order valence-corrected chi connectivity index (χ0v) is 9.55. The Morgan fingerprint density at radius 1 is 1.64 bits per heavy atom. The minimum absolute atomic E-state index is 0.00462. The lowest BCUT2D eigenvalue weighted by molar-refractivity contribution is -0.140. The summed E-state index contributed by atoms with van der Waals surface area (Å²) >= 11 is 5.75. The third-order valence-corrected chi connectivity index (χ3v) is 3.43. The summed E-state index contributed by atoms with van der Waals surface area (Å²) in [6.07, 6.45) is 1.88. The van der Waals surface area contributed by atoms with Crippen LogP contribution in [-0.4, -0.2) is 41.0 Å². The Morgan fingerprint density at radius 2 is 2.29 bits per heavy atom. The molecule has 1 heterocycles. The zero-order valence-electron chi connectivity index (χ0n) is 8.79. The second-order valence-electron chi connectivity index (χ2n) is 4.49. The first kappa shape index (κ1) is 11.8. The Bertz CT molecular complexity index is 218. The van der Waals surface area contributed by atoms with E-state index in [9.17, 15) is 4.79 Å². The molecule has 0 aromatic rings. The lowest BCUT2D eigenvalue weighted by Crippen LogP contribution is -2.45. The first-order chi connectivity index (χ1) is 6.53. The van der Waals surface area contributed by atoms with Gasteiger partial charge in [0.25, 0.3) is 0 Å². The Morgan fingerprint density at radius 3 is 2.79 bits per heavy atom. The van der Waals surface area contributed by atoms with Crippen LogP contribution in [0.15, 0.2) is 0 Å². The summed E-state index contributed by atoms with van der Waals surface area (Å²) in [5.41, 5.74) is -0.515. The van der Waals surface area contributed by atoms with E-state index in [4.69, 9.17) is 16.7 Å². The summed E-state index contributed by atoms with van der Waals surface area (Å²) in [6, 6.07) is 0.00462. The summed E-state index contributed by atoms with van der Waals surface area (Å²) < 4.78 is 0. The van der Waals surface area contributed by atoms with Crippen LogP contribution in [-0.2, 0) is 4.79 Å². The van der Waals surface area contributed by atoms with Crippen LogP contribution in [0.25, 0.3) is 0 Å². The van der Waals surface area contributed by atoms with E-state index in [1.54, 1.807) is 4.90 Å². The highest BCUT2D eigenvalue weighted by molar-refractivity contribution is 6.19. The van der Waals surface area contributed by atoms with Gasteiger partial charge in [-0.3, -0.25) is 4.79 Å². The lowest BCUT2D eigenvalue weighted by Gasteiger charge is -2.31. The maximum absolute atomic E-state index is 12.0. The average molecular weight is 220 g/mol. The third kappa shape index (κ3) is 2.20. The van der Waals surface area contributed by atoms with E-state index in [0.717, 1.165) is 19.4 Å². The van der Waals surface area contributed by atoms with Crippen molar-refractivity contribution in [3.8, 4) is 0 Å². The van der Waals surface area contributed by atoms with Crippen molar-refractivity contribution in [1.82, 2.24) is 4.90 Å². The van der Waals surface area contributed by atoms with Crippen molar-refractivity contribution in [2.75, 3.05) is 19.0 Å². The topological polar surface area (TPSA) is 40.5 Å². The maximum atomic E-state index is 12.0. The Balaban J connectivity index is 2.69. The number of amides is 1. The van der Waals surface area contributed by atoms with Crippen LogP contribution in [0.1, 0.15) is 26.7 Å². The van der Waals surface area contributed by atoms with Gasteiger partial charge in [-0.15, -0.1) is 11.6 Å². The molecule has 3 nitrogen and oxygen atoms in total. The fraction of sp³-hybridized carbons (Fsp3) is 0.900. The molecule has 0 aliphatic carbocycles. The summed E-state index contributed by atoms with van der Waals surface area (Å²) in [5.74, 6) is 0.379. The number of alkyl halides is 1. The number of aliphatic hydroxyl groups excluding tert-OH is 1. The maximum Gasteiger partial charge on any atom is 0.229 e. The van der Waals surface area contributed by atoms with Crippen molar-refractivity contribution in [3.05, 3.63) is 0 Å². The van der Waals surface area contributed by atoms with Crippen LogP contribution >= 0.6 is 11.6 Å². The van der Waals surface area contributed by atoms with E-state index < -0.39 is 5.41 Å². The molecule has 1 aliphatic rings. The van der Waals surface area contributed by atoms with Crippen LogP contribution in [0.4, 0.5) is 0 Å². The summed E-state index contributed by atoms with van der Waals surface area (Å²) in [7, 11) is 0. The SMILES string of the molecule is CC(C)(CCl)C(=O)N1CCC[C@@H]1CO. The largest absolute Gasteiger partial charge is 0.394 e. The number of hydrogen-bond acceptors (Lipinski definition) is 2. The quantitative estimate of drug-likeness (QED) is 0.726.